The smallest absolute Gasteiger partial charge is 0.193 e. The monoisotopic (exact) mass is 503 g/mol. The highest BCUT2D eigenvalue weighted by atomic mass is 127. The van der Waals surface area contributed by atoms with E-state index in [1.807, 2.05) is 12.1 Å². The van der Waals surface area contributed by atoms with E-state index in [4.69, 9.17) is 14.5 Å². The summed E-state index contributed by atoms with van der Waals surface area (Å²) in [6, 6.07) is 7.40. The third kappa shape index (κ3) is 7.40. The zero-order chi connectivity index (χ0) is 18.9. The van der Waals surface area contributed by atoms with Crippen molar-refractivity contribution < 1.29 is 14.6 Å². The van der Waals surface area contributed by atoms with Crippen LogP contribution in [0.2, 0.25) is 0 Å². The molecule has 1 atom stereocenters. The van der Waals surface area contributed by atoms with E-state index in [0.717, 1.165) is 76.5 Å². The number of nitrogens with one attached hydrogen (secondary N) is 1. The zero-order valence-electron chi connectivity index (χ0n) is 16.8. The number of hydrogen-bond acceptors (Lipinski definition) is 4. The molecule has 6 nitrogen and oxygen atoms in total. The van der Waals surface area contributed by atoms with Crippen LogP contribution in [0.25, 0.3) is 0 Å². The van der Waals surface area contributed by atoms with Crippen LogP contribution in [-0.4, -0.2) is 67.6 Å². The van der Waals surface area contributed by atoms with Gasteiger partial charge in [-0.3, -0.25) is 4.99 Å². The summed E-state index contributed by atoms with van der Waals surface area (Å²) >= 11 is 0. The molecule has 2 N–H and O–H groups in total. The first-order chi connectivity index (χ1) is 13.2. The van der Waals surface area contributed by atoms with Crippen LogP contribution >= 0.6 is 24.0 Å². The summed E-state index contributed by atoms with van der Waals surface area (Å²) in [5.41, 5.74) is 1.11. The zero-order valence-corrected chi connectivity index (χ0v) is 19.1. The number of ether oxygens (including phenoxy) is 2. The molecule has 0 aromatic heterocycles. The molecule has 0 amide bonds. The Bertz CT molecular complexity index is 600. The van der Waals surface area contributed by atoms with E-state index in [0.29, 0.717) is 24.5 Å². The number of nitrogens with zero attached hydrogens (tertiary/aromatic N) is 2. The Hall–Kier alpha value is -1.06. The van der Waals surface area contributed by atoms with Gasteiger partial charge in [0.2, 0.25) is 0 Å². The fraction of sp³-hybridized carbons (Fsp3) is 0.667. The lowest BCUT2D eigenvalue weighted by Gasteiger charge is -2.34. The van der Waals surface area contributed by atoms with E-state index in [1.165, 1.54) is 0 Å². The largest absolute Gasteiger partial charge is 0.508 e. The lowest BCUT2D eigenvalue weighted by Crippen LogP contribution is -2.47. The summed E-state index contributed by atoms with van der Waals surface area (Å²) in [5.74, 6) is 1.30. The van der Waals surface area contributed by atoms with Crippen LogP contribution in [0.15, 0.2) is 29.3 Å². The second kappa shape index (κ2) is 12.5. The molecule has 1 aromatic carbocycles. The first-order valence-corrected chi connectivity index (χ1v) is 10.3. The van der Waals surface area contributed by atoms with Gasteiger partial charge >= 0.3 is 0 Å². The number of aliphatic imine (C=N–C) groups is 1. The summed E-state index contributed by atoms with van der Waals surface area (Å²) in [6.45, 7) is 7.23. The molecule has 0 bridgehead atoms. The minimum Gasteiger partial charge on any atom is -0.508 e. The molecule has 0 aliphatic carbocycles. The maximum absolute atomic E-state index is 9.57. The van der Waals surface area contributed by atoms with Crippen LogP contribution in [0.3, 0.4) is 0 Å². The van der Waals surface area contributed by atoms with Gasteiger partial charge in [-0.25, -0.2) is 0 Å². The highest BCUT2D eigenvalue weighted by Crippen LogP contribution is 2.18. The average molecular weight is 503 g/mol. The standard InChI is InChI=1S/C21H33N3O3.HI/c1-2-22-21(23-11-8-17-5-3-6-18(25)15-17)24-12-9-19(10-13-24)27-16-20-7-4-14-26-20;/h3,5-6,15,19-20,25H,2,4,7-14,16H2,1H3,(H,22,23);1H. The summed E-state index contributed by atoms with van der Waals surface area (Å²) in [4.78, 5) is 7.12. The van der Waals surface area contributed by atoms with Gasteiger partial charge in [0.05, 0.1) is 18.8 Å². The number of guanidine groups is 1. The Balaban J connectivity index is 0.00000280. The Morgan fingerprint density at radius 1 is 1.32 bits per heavy atom. The van der Waals surface area contributed by atoms with Crippen LogP contribution in [0, 0.1) is 0 Å². The van der Waals surface area contributed by atoms with Crippen molar-refractivity contribution in [1.82, 2.24) is 10.2 Å². The van der Waals surface area contributed by atoms with Gasteiger partial charge in [0, 0.05) is 32.8 Å². The maximum Gasteiger partial charge on any atom is 0.193 e. The average Bonchev–Trinajstić information content (AvgIpc) is 3.20. The molecule has 2 aliphatic heterocycles. The number of aromatic hydroxyl groups is 1. The van der Waals surface area contributed by atoms with Crippen molar-refractivity contribution in [2.24, 2.45) is 4.99 Å². The van der Waals surface area contributed by atoms with Crippen LogP contribution in [0.1, 0.15) is 38.2 Å². The van der Waals surface area contributed by atoms with Crippen molar-refractivity contribution in [3.8, 4) is 5.75 Å². The molecule has 28 heavy (non-hydrogen) atoms. The number of rotatable bonds is 7. The van der Waals surface area contributed by atoms with Gasteiger partial charge in [0.1, 0.15) is 5.75 Å². The van der Waals surface area contributed by atoms with E-state index in [9.17, 15) is 5.11 Å². The molecule has 2 fully saturated rings. The predicted octanol–water partition coefficient (Wildman–Crippen LogP) is 3.18. The Kier molecular flexibility index (Phi) is 10.4. The van der Waals surface area contributed by atoms with Crippen molar-refractivity contribution in [2.45, 2.75) is 51.2 Å². The normalized spacial score (nSPS) is 20.8. The second-order valence-corrected chi connectivity index (χ2v) is 7.31. The molecule has 3 rings (SSSR count). The van der Waals surface area contributed by atoms with Gasteiger partial charge in [-0.05, 0) is 56.7 Å². The SMILES string of the molecule is CCNC(=NCCc1cccc(O)c1)N1CCC(OCC2CCCO2)CC1.I. The van der Waals surface area contributed by atoms with Crippen LogP contribution in [0.5, 0.6) is 5.75 Å². The molecular weight excluding hydrogens is 469 g/mol. The van der Waals surface area contributed by atoms with Crippen molar-refractivity contribution in [1.29, 1.82) is 0 Å². The van der Waals surface area contributed by atoms with E-state index in [-0.39, 0.29) is 24.0 Å². The Morgan fingerprint density at radius 3 is 2.82 bits per heavy atom. The fourth-order valence-electron chi connectivity index (χ4n) is 3.68. The number of halogens is 1. The molecule has 2 heterocycles. The maximum atomic E-state index is 9.57. The summed E-state index contributed by atoms with van der Waals surface area (Å²) in [5, 5.41) is 13.0. The van der Waals surface area contributed by atoms with Gasteiger partial charge in [0.15, 0.2) is 5.96 Å². The molecule has 0 radical (unpaired) electrons. The van der Waals surface area contributed by atoms with Crippen LogP contribution in [-0.2, 0) is 15.9 Å². The molecule has 0 spiro atoms. The van der Waals surface area contributed by atoms with E-state index in [2.05, 4.69) is 17.1 Å². The Labute approximate surface area is 185 Å². The van der Waals surface area contributed by atoms with Gasteiger partial charge in [-0.2, -0.15) is 0 Å². The topological polar surface area (TPSA) is 66.3 Å². The van der Waals surface area contributed by atoms with Crippen molar-refractivity contribution in [2.75, 3.05) is 39.4 Å². The van der Waals surface area contributed by atoms with Gasteiger partial charge in [-0.1, -0.05) is 12.1 Å². The van der Waals surface area contributed by atoms with Crippen LogP contribution < -0.4 is 5.32 Å². The lowest BCUT2D eigenvalue weighted by atomic mass is 10.1. The third-order valence-corrected chi connectivity index (χ3v) is 5.19. The van der Waals surface area contributed by atoms with Gasteiger partial charge < -0.3 is 24.8 Å². The number of hydrogen-bond donors (Lipinski definition) is 2. The van der Waals surface area contributed by atoms with Crippen molar-refractivity contribution in [3.63, 3.8) is 0 Å². The summed E-state index contributed by atoms with van der Waals surface area (Å²) in [7, 11) is 0. The van der Waals surface area contributed by atoms with Gasteiger partial charge in [0.25, 0.3) is 0 Å². The summed E-state index contributed by atoms with van der Waals surface area (Å²) in [6.07, 6.45) is 5.82. The van der Waals surface area contributed by atoms with Crippen LogP contribution in [0.4, 0.5) is 0 Å². The van der Waals surface area contributed by atoms with Crippen molar-refractivity contribution >= 4 is 29.9 Å². The number of likely N-dealkylation sites (tertiary alicyclic amines) is 1. The minimum absolute atomic E-state index is 0. The lowest BCUT2D eigenvalue weighted by molar-refractivity contribution is -0.0367. The molecular formula is C21H34IN3O3. The fourth-order valence-corrected chi connectivity index (χ4v) is 3.68. The first-order valence-electron chi connectivity index (χ1n) is 10.3. The molecule has 7 heteroatoms. The molecule has 2 aliphatic rings. The molecule has 2 saturated heterocycles. The van der Waals surface area contributed by atoms with Gasteiger partial charge in [-0.15, -0.1) is 24.0 Å². The van der Waals surface area contributed by atoms with E-state index in [1.54, 1.807) is 12.1 Å². The highest BCUT2D eigenvalue weighted by molar-refractivity contribution is 14.0. The second-order valence-electron chi connectivity index (χ2n) is 7.31. The third-order valence-electron chi connectivity index (χ3n) is 5.19. The number of piperidine rings is 1. The molecule has 1 aromatic rings. The first kappa shape index (κ1) is 23.2. The predicted molar refractivity (Wildman–Crippen MR) is 123 cm³/mol. The number of phenols is 1. The number of phenolic OH excluding ortho intramolecular Hbond substituents is 1. The molecule has 158 valence electrons. The molecule has 1 unspecified atom stereocenters. The van der Waals surface area contributed by atoms with E-state index >= 15 is 0 Å². The minimum atomic E-state index is 0. The van der Waals surface area contributed by atoms with E-state index < -0.39 is 0 Å². The van der Waals surface area contributed by atoms with Crippen molar-refractivity contribution in [3.05, 3.63) is 29.8 Å². The Morgan fingerprint density at radius 2 is 2.14 bits per heavy atom. The number of benzene rings is 1. The quantitative estimate of drug-likeness (QED) is 0.340. The molecule has 0 saturated carbocycles. The highest BCUT2D eigenvalue weighted by Gasteiger charge is 2.24. The summed E-state index contributed by atoms with van der Waals surface area (Å²) < 4.78 is 11.7.